The third kappa shape index (κ3) is 3.86. The van der Waals surface area contributed by atoms with E-state index in [1.165, 1.54) is 41.6 Å². The Kier molecular flexibility index (Phi) is 5.04. The smallest absolute Gasteiger partial charge is 0.231 e. The van der Waals surface area contributed by atoms with Gasteiger partial charge in [-0.3, -0.25) is 4.79 Å². The summed E-state index contributed by atoms with van der Waals surface area (Å²) in [6.07, 6.45) is 3.43. The van der Waals surface area contributed by atoms with Crippen LogP contribution in [-0.4, -0.2) is 27.2 Å². The van der Waals surface area contributed by atoms with Gasteiger partial charge in [-0.25, -0.2) is 14.4 Å². The van der Waals surface area contributed by atoms with Crippen LogP contribution in [0.15, 0.2) is 41.7 Å². The van der Waals surface area contributed by atoms with E-state index in [4.69, 9.17) is 0 Å². The lowest BCUT2D eigenvalue weighted by atomic mass is 9.98. The quantitative estimate of drug-likeness (QED) is 0.480. The Bertz CT molecular complexity index is 1070. The van der Waals surface area contributed by atoms with Crippen LogP contribution >= 0.6 is 23.1 Å². The molecule has 1 N–H and O–H groups in total. The van der Waals surface area contributed by atoms with Crippen LogP contribution in [-0.2, 0) is 4.79 Å². The second kappa shape index (κ2) is 7.49. The lowest BCUT2D eigenvalue weighted by Crippen LogP contribution is -2.47. The van der Waals surface area contributed by atoms with Crippen molar-refractivity contribution in [1.82, 2.24) is 15.3 Å². The molecule has 1 amide bonds. The Hall–Kier alpha value is -2.50. The minimum atomic E-state index is -0.794. The number of carbonyl (C=O) groups excluding carboxylic acids is 1. The van der Waals surface area contributed by atoms with Gasteiger partial charge in [-0.2, -0.15) is 5.26 Å². The molecular formula is C20H17FN4OS2. The second-order valence-electron chi connectivity index (χ2n) is 6.94. The van der Waals surface area contributed by atoms with E-state index < -0.39 is 5.54 Å². The van der Waals surface area contributed by atoms with Crippen molar-refractivity contribution in [2.45, 2.75) is 30.3 Å². The summed E-state index contributed by atoms with van der Waals surface area (Å²) in [5.74, 6) is -0.0295. The number of thiophene rings is 1. The number of carbonyl (C=O) groups is 1. The minimum Gasteiger partial charge on any atom is -0.337 e. The largest absolute Gasteiger partial charge is 0.337 e. The Morgan fingerprint density at radius 3 is 2.82 bits per heavy atom. The van der Waals surface area contributed by atoms with Crippen LogP contribution in [0.3, 0.4) is 0 Å². The number of hydrogen-bond donors (Lipinski definition) is 1. The summed E-state index contributed by atoms with van der Waals surface area (Å²) in [6, 6.07) is 10.5. The molecule has 0 unspecified atom stereocenters. The Labute approximate surface area is 170 Å². The lowest BCUT2D eigenvalue weighted by molar-refractivity contribution is -0.119. The van der Waals surface area contributed by atoms with Gasteiger partial charge in [-0.1, -0.05) is 23.9 Å². The molecule has 142 valence electrons. The monoisotopic (exact) mass is 412 g/mol. The zero-order valence-corrected chi connectivity index (χ0v) is 16.7. The highest BCUT2D eigenvalue weighted by Crippen LogP contribution is 2.40. The maximum absolute atomic E-state index is 13.2. The van der Waals surface area contributed by atoms with Gasteiger partial charge in [0, 0.05) is 4.88 Å². The van der Waals surface area contributed by atoms with E-state index in [1.807, 2.05) is 6.07 Å². The average molecular weight is 413 g/mol. The van der Waals surface area contributed by atoms with Crippen LogP contribution in [0.2, 0.25) is 0 Å². The normalized spacial score (nSPS) is 15.8. The summed E-state index contributed by atoms with van der Waals surface area (Å²) in [7, 11) is 0. The summed E-state index contributed by atoms with van der Waals surface area (Å²) >= 11 is 2.84. The van der Waals surface area contributed by atoms with E-state index in [-0.39, 0.29) is 23.4 Å². The molecule has 4 rings (SSSR count). The van der Waals surface area contributed by atoms with Crippen LogP contribution in [0.1, 0.15) is 19.8 Å². The summed E-state index contributed by atoms with van der Waals surface area (Å²) < 4.78 is 14.1. The third-order valence-electron chi connectivity index (χ3n) is 4.77. The maximum atomic E-state index is 13.2. The molecule has 0 radical (unpaired) electrons. The Morgan fingerprint density at radius 1 is 1.39 bits per heavy atom. The highest BCUT2D eigenvalue weighted by Gasteiger charge is 2.42. The zero-order valence-electron chi connectivity index (χ0n) is 15.1. The van der Waals surface area contributed by atoms with E-state index in [2.05, 4.69) is 21.4 Å². The van der Waals surface area contributed by atoms with Gasteiger partial charge in [-0.15, -0.1) is 11.3 Å². The van der Waals surface area contributed by atoms with Crippen molar-refractivity contribution >= 4 is 39.2 Å². The lowest BCUT2D eigenvalue weighted by Gasteiger charge is -2.22. The number of nitriles is 1. The average Bonchev–Trinajstić information content (AvgIpc) is 3.46. The molecule has 28 heavy (non-hydrogen) atoms. The number of aromatic nitrogens is 2. The first-order chi connectivity index (χ1) is 13.5. The predicted octanol–water partition coefficient (Wildman–Crippen LogP) is 4.40. The van der Waals surface area contributed by atoms with Gasteiger partial charge in [0.25, 0.3) is 0 Å². The van der Waals surface area contributed by atoms with Gasteiger partial charge in [0.2, 0.25) is 5.91 Å². The molecule has 3 aromatic rings. The molecule has 0 spiro atoms. The molecule has 1 saturated carbocycles. The fourth-order valence-corrected chi connectivity index (χ4v) is 5.03. The number of halogens is 1. The van der Waals surface area contributed by atoms with E-state index in [1.54, 1.807) is 19.1 Å². The van der Waals surface area contributed by atoms with Gasteiger partial charge in [0.1, 0.15) is 22.7 Å². The highest BCUT2D eigenvalue weighted by molar-refractivity contribution is 8.00. The van der Waals surface area contributed by atoms with Crippen LogP contribution in [0.5, 0.6) is 0 Å². The standard InChI is InChI=1S/C20H17FN4OS2/c1-20(10-22,13-4-5-13)25-17(26)9-27-19-18-15(23-11-24-19)8-16(28-18)12-2-6-14(21)7-3-12/h2-3,6-8,11,13H,4-5,9H2,1H3,(H,25,26)/t20-/m1/s1. The highest BCUT2D eigenvalue weighted by atomic mass is 32.2. The first kappa shape index (κ1) is 18.8. The maximum Gasteiger partial charge on any atom is 0.231 e. The van der Waals surface area contributed by atoms with Crippen molar-refractivity contribution in [3.05, 3.63) is 42.5 Å². The molecule has 1 fully saturated rings. The SMILES string of the molecule is C[C@](C#N)(NC(=O)CSc1ncnc2cc(-c3ccc(F)cc3)sc12)C1CC1. The third-order valence-corrected chi connectivity index (χ3v) is 7.07. The van der Waals surface area contributed by atoms with Crippen LogP contribution in [0.4, 0.5) is 4.39 Å². The Morgan fingerprint density at radius 2 is 2.14 bits per heavy atom. The predicted molar refractivity (Wildman–Crippen MR) is 108 cm³/mol. The molecule has 1 aliphatic carbocycles. The van der Waals surface area contributed by atoms with Crippen molar-refractivity contribution in [1.29, 1.82) is 5.26 Å². The fraction of sp³-hybridized carbons (Fsp3) is 0.300. The number of nitrogens with zero attached hydrogens (tertiary/aromatic N) is 3. The first-order valence-electron chi connectivity index (χ1n) is 8.84. The van der Waals surface area contributed by atoms with Crippen molar-refractivity contribution in [2.24, 2.45) is 5.92 Å². The molecule has 1 aromatic carbocycles. The molecule has 5 nitrogen and oxygen atoms in total. The van der Waals surface area contributed by atoms with Crippen LogP contribution < -0.4 is 5.32 Å². The number of hydrogen-bond acceptors (Lipinski definition) is 6. The molecule has 0 bridgehead atoms. The molecule has 0 saturated heterocycles. The molecule has 2 aromatic heterocycles. The summed E-state index contributed by atoms with van der Waals surface area (Å²) in [5, 5.41) is 13.0. The summed E-state index contributed by atoms with van der Waals surface area (Å²) in [6.45, 7) is 1.78. The van der Waals surface area contributed by atoms with Crippen molar-refractivity contribution < 1.29 is 9.18 Å². The van der Waals surface area contributed by atoms with Crippen LogP contribution in [0, 0.1) is 23.1 Å². The van der Waals surface area contributed by atoms with Crippen molar-refractivity contribution in [2.75, 3.05) is 5.75 Å². The molecule has 0 aliphatic heterocycles. The molecular weight excluding hydrogens is 395 g/mol. The number of benzene rings is 1. The van der Waals surface area contributed by atoms with E-state index >= 15 is 0 Å². The molecule has 8 heteroatoms. The zero-order chi connectivity index (χ0) is 19.7. The topological polar surface area (TPSA) is 78.7 Å². The van der Waals surface area contributed by atoms with Gasteiger partial charge >= 0.3 is 0 Å². The number of amides is 1. The minimum absolute atomic E-state index is 0.178. The summed E-state index contributed by atoms with van der Waals surface area (Å²) in [5.41, 5.74) is 0.909. The number of fused-ring (bicyclic) bond motifs is 1. The molecule has 1 atom stereocenters. The van der Waals surface area contributed by atoms with E-state index in [0.717, 1.165) is 38.5 Å². The van der Waals surface area contributed by atoms with Crippen molar-refractivity contribution in [3.63, 3.8) is 0 Å². The molecule has 1 aliphatic rings. The van der Waals surface area contributed by atoms with Gasteiger partial charge < -0.3 is 5.32 Å². The van der Waals surface area contributed by atoms with Gasteiger partial charge in [-0.05, 0) is 49.4 Å². The van der Waals surface area contributed by atoms with Crippen molar-refractivity contribution in [3.8, 4) is 16.5 Å². The van der Waals surface area contributed by atoms with Gasteiger partial charge in [0.05, 0.1) is 22.0 Å². The molecule has 2 heterocycles. The number of nitrogens with one attached hydrogen (secondary N) is 1. The van der Waals surface area contributed by atoms with E-state index in [9.17, 15) is 14.4 Å². The summed E-state index contributed by atoms with van der Waals surface area (Å²) in [4.78, 5) is 22.0. The first-order valence-corrected chi connectivity index (χ1v) is 10.6. The number of thioether (sulfide) groups is 1. The Balaban J connectivity index is 1.50. The van der Waals surface area contributed by atoms with Gasteiger partial charge in [0.15, 0.2) is 0 Å². The number of rotatable bonds is 6. The second-order valence-corrected chi connectivity index (χ2v) is 8.95. The van der Waals surface area contributed by atoms with Crippen LogP contribution in [0.25, 0.3) is 20.7 Å². The fourth-order valence-electron chi connectivity index (χ4n) is 3.03. The van der Waals surface area contributed by atoms with E-state index in [0.29, 0.717) is 0 Å².